The number of aromatic carboxylic acids is 1. The quantitative estimate of drug-likeness (QED) is 0.156. The van der Waals surface area contributed by atoms with Gasteiger partial charge in [0.2, 0.25) is 9.67 Å². The van der Waals surface area contributed by atoms with Crippen LogP contribution < -0.4 is 21.1 Å². The van der Waals surface area contributed by atoms with Gasteiger partial charge in [-0.2, -0.15) is 0 Å². The number of nitrogens with two attached hydrogens (primary N) is 1. The largest absolute Gasteiger partial charge is 0.481 e. The molecular weight excluding hydrogens is 545 g/mol. The number of carbonyl (C=O) groups is 3. The van der Waals surface area contributed by atoms with Gasteiger partial charge in [-0.15, -0.1) is 0 Å². The fraction of sp³-hybridized carbons (Fsp3) is 0.125. The topological polar surface area (TPSA) is 167 Å². The van der Waals surface area contributed by atoms with Crippen LogP contribution in [0.15, 0.2) is 54.6 Å². The predicted octanol–water partition coefficient (Wildman–Crippen LogP) is 4.09. The van der Waals surface area contributed by atoms with E-state index in [-0.39, 0.29) is 46.2 Å². The Balaban J connectivity index is 2.01. The highest BCUT2D eigenvalue weighted by Crippen LogP contribution is 2.30. The second-order valence-electron chi connectivity index (χ2n) is 7.56. The molecule has 10 nitrogen and oxygen atoms in total. The number of hydrogen-bond acceptors (Lipinski definition) is 6. The zero-order valence-electron chi connectivity index (χ0n) is 19.1. The maximum atomic E-state index is 13.2. The third kappa shape index (κ3) is 7.10. The van der Waals surface area contributed by atoms with Crippen LogP contribution in [0.1, 0.15) is 36.8 Å². The first-order valence-corrected chi connectivity index (χ1v) is 11.6. The molecular formula is C24H20Cl3N5O5. The number of rotatable bonds is 8. The minimum atomic E-state index is -1.73. The summed E-state index contributed by atoms with van der Waals surface area (Å²) in [5, 5.41) is 22.4. The molecule has 0 radical (unpaired) electrons. The summed E-state index contributed by atoms with van der Waals surface area (Å²) in [7, 11) is 1.37. The summed E-state index contributed by atoms with van der Waals surface area (Å²) in [6, 6.07) is 13.1. The van der Waals surface area contributed by atoms with Crippen LogP contribution in [0.4, 0.5) is 5.69 Å². The number of nitrogens with one attached hydrogen (secondary N) is 3. The summed E-state index contributed by atoms with van der Waals surface area (Å²) < 4.78 is 3.41. The van der Waals surface area contributed by atoms with Gasteiger partial charge in [-0.1, -0.05) is 40.9 Å². The molecule has 2 amide bonds. The van der Waals surface area contributed by atoms with Gasteiger partial charge in [-0.3, -0.25) is 15.0 Å². The van der Waals surface area contributed by atoms with Crippen LogP contribution in [-0.4, -0.2) is 51.2 Å². The van der Waals surface area contributed by atoms with E-state index in [0.717, 1.165) is 6.07 Å². The van der Waals surface area contributed by atoms with Crippen LogP contribution in [0, 0.1) is 5.41 Å². The Morgan fingerprint density at radius 1 is 1.00 bits per heavy atom. The normalized spacial score (nSPS) is 10.9. The zero-order valence-corrected chi connectivity index (χ0v) is 21.4. The van der Waals surface area contributed by atoms with Crippen molar-refractivity contribution in [1.29, 1.82) is 5.41 Å². The number of benzene rings is 2. The summed E-state index contributed by atoms with van der Waals surface area (Å²) in [6.45, 7) is -0.291. The third-order valence-electron chi connectivity index (χ3n) is 5.00. The maximum Gasteiger partial charge on any atom is 0.336 e. The Kier molecular flexibility index (Phi) is 8.59. The van der Waals surface area contributed by atoms with Crippen LogP contribution in [0.25, 0.3) is 11.1 Å². The Hall–Kier alpha value is -3.86. The number of nitrogens with zero attached hydrogens (tertiary/aromatic N) is 1. The molecule has 0 unspecified atom stereocenters. The third-order valence-corrected chi connectivity index (χ3v) is 5.40. The minimum absolute atomic E-state index is 0.00781. The molecule has 13 heteroatoms. The highest BCUT2D eigenvalue weighted by Gasteiger charge is 2.24. The van der Waals surface area contributed by atoms with Gasteiger partial charge in [0.15, 0.2) is 0 Å². The molecule has 0 spiro atoms. The number of carboxylic acids is 1. The number of pyridine rings is 1. The van der Waals surface area contributed by atoms with Crippen molar-refractivity contribution in [3.8, 4) is 17.0 Å². The second kappa shape index (κ2) is 11.5. The first kappa shape index (κ1) is 27.7. The number of nitrogen functional groups attached to an aromatic ring is 1. The van der Waals surface area contributed by atoms with Crippen molar-refractivity contribution in [2.24, 2.45) is 5.73 Å². The summed E-state index contributed by atoms with van der Waals surface area (Å²) in [5.74, 6) is -2.64. The summed E-state index contributed by atoms with van der Waals surface area (Å²) in [5.41, 5.74) is 6.28. The molecule has 0 saturated heterocycles. The minimum Gasteiger partial charge on any atom is -0.481 e. The van der Waals surface area contributed by atoms with Gasteiger partial charge in [0.05, 0.1) is 19.2 Å². The van der Waals surface area contributed by atoms with Gasteiger partial charge in [0, 0.05) is 28.4 Å². The van der Waals surface area contributed by atoms with Crippen LogP contribution >= 0.6 is 34.8 Å². The Morgan fingerprint density at radius 2 is 1.62 bits per heavy atom. The van der Waals surface area contributed by atoms with Crippen LogP contribution in [-0.2, 0) is 0 Å². The standard InChI is InChI=1S/C24H20Cl3N5O5/c1-37-18-9-8-16(19(32-18)22(34)31-14-5-2-12(3-6-14)20(28)29)15-7-4-13(10-17(15)23(35)36)21(33)30-11-24(25,26)27/h2-10H,11H2,1H3,(H3,28,29)(H,30,33)(H,31,34)(H,35,36). The monoisotopic (exact) mass is 563 g/mol. The Morgan fingerprint density at radius 3 is 2.19 bits per heavy atom. The molecule has 3 rings (SSSR count). The second-order valence-corrected chi connectivity index (χ2v) is 10.1. The van der Waals surface area contributed by atoms with E-state index >= 15 is 0 Å². The maximum absolute atomic E-state index is 13.2. The van der Waals surface area contributed by atoms with Crippen LogP contribution in [0.3, 0.4) is 0 Å². The Bertz CT molecular complexity index is 1370. The van der Waals surface area contributed by atoms with Crippen molar-refractivity contribution >= 4 is 64.1 Å². The number of hydrogen-bond donors (Lipinski definition) is 5. The molecule has 0 aliphatic heterocycles. The predicted molar refractivity (Wildman–Crippen MR) is 141 cm³/mol. The SMILES string of the molecule is COc1ccc(-c2ccc(C(=O)NCC(Cl)(Cl)Cl)cc2C(=O)O)c(C(=O)Nc2ccc(C(=N)N)cc2)n1. The van der Waals surface area contributed by atoms with E-state index in [1.807, 2.05) is 0 Å². The van der Waals surface area contributed by atoms with Crippen molar-refractivity contribution in [1.82, 2.24) is 10.3 Å². The summed E-state index contributed by atoms with van der Waals surface area (Å²) in [4.78, 5) is 42.0. The fourth-order valence-electron chi connectivity index (χ4n) is 3.25. The van der Waals surface area contributed by atoms with Gasteiger partial charge < -0.3 is 26.2 Å². The number of anilines is 1. The molecule has 0 atom stereocenters. The lowest BCUT2D eigenvalue weighted by Gasteiger charge is -2.15. The van der Waals surface area contributed by atoms with E-state index in [9.17, 15) is 19.5 Å². The smallest absolute Gasteiger partial charge is 0.336 e. The Labute approximate surface area is 226 Å². The lowest BCUT2D eigenvalue weighted by Crippen LogP contribution is -2.32. The number of carbonyl (C=O) groups excluding carboxylic acids is 2. The van der Waals surface area contributed by atoms with Gasteiger partial charge in [0.1, 0.15) is 11.5 Å². The molecule has 0 aliphatic rings. The number of alkyl halides is 3. The molecule has 192 valence electrons. The van der Waals surface area contributed by atoms with E-state index in [0.29, 0.717) is 11.3 Å². The lowest BCUT2D eigenvalue weighted by molar-refractivity contribution is 0.0697. The molecule has 6 N–H and O–H groups in total. The highest BCUT2D eigenvalue weighted by atomic mass is 35.6. The lowest BCUT2D eigenvalue weighted by atomic mass is 9.95. The van der Waals surface area contributed by atoms with Crippen molar-refractivity contribution in [3.05, 3.63) is 77.0 Å². The van der Waals surface area contributed by atoms with E-state index in [2.05, 4.69) is 15.6 Å². The number of halogens is 3. The van der Waals surface area contributed by atoms with Gasteiger partial charge in [0.25, 0.3) is 11.8 Å². The van der Waals surface area contributed by atoms with Crippen LogP contribution in [0.2, 0.25) is 0 Å². The summed E-state index contributed by atoms with van der Waals surface area (Å²) >= 11 is 17.0. The first-order valence-electron chi connectivity index (χ1n) is 10.4. The molecule has 3 aromatic rings. The molecule has 0 bridgehead atoms. The van der Waals surface area contributed by atoms with Crippen molar-refractivity contribution < 1.29 is 24.2 Å². The molecule has 0 aliphatic carbocycles. The number of ether oxygens (including phenoxy) is 1. The summed E-state index contributed by atoms with van der Waals surface area (Å²) in [6.07, 6.45) is 0. The molecule has 1 aromatic heterocycles. The van der Waals surface area contributed by atoms with Crippen molar-refractivity contribution in [2.45, 2.75) is 3.79 Å². The molecule has 0 fully saturated rings. The van der Waals surface area contributed by atoms with E-state index < -0.39 is 21.6 Å². The number of aromatic nitrogens is 1. The molecule has 0 saturated carbocycles. The number of amidine groups is 1. The fourth-order valence-corrected chi connectivity index (χ4v) is 3.45. The van der Waals surface area contributed by atoms with Gasteiger partial charge >= 0.3 is 5.97 Å². The first-order chi connectivity index (χ1) is 17.4. The number of methoxy groups -OCH3 is 1. The van der Waals surface area contributed by atoms with Crippen molar-refractivity contribution in [3.63, 3.8) is 0 Å². The van der Waals surface area contributed by atoms with Gasteiger partial charge in [-0.05, 0) is 48.0 Å². The number of carboxylic acid groups (broad SMARTS) is 1. The number of amides is 2. The van der Waals surface area contributed by atoms with E-state index in [1.54, 1.807) is 24.3 Å². The van der Waals surface area contributed by atoms with E-state index in [1.165, 1.54) is 31.4 Å². The average molecular weight is 565 g/mol. The van der Waals surface area contributed by atoms with Crippen LogP contribution in [0.5, 0.6) is 5.88 Å². The van der Waals surface area contributed by atoms with E-state index in [4.69, 9.17) is 50.7 Å². The molecule has 2 aromatic carbocycles. The highest BCUT2D eigenvalue weighted by molar-refractivity contribution is 6.67. The average Bonchev–Trinajstić information content (AvgIpc) is 2.86. The van der Waals surface area contributed by atoms with Gasteiger partial charge in [-0.25, -0.2) is 9.78 Å². The molecule has 1 heterocycles. The van der Waals surface area contributed by atoms with Crippen molar-refractivity contribution in [2.75, 3.05) is 19.0 Å². The zero-order chi connectivity index (χ0) is 27.3. The molecule has 37 heavy (non-hydrogen) atoms.